The number of nitrogens with one attached hydrogen (secondary N) is 1. The fraction of sp³-hybridized carbons (Fsp3) is 0.423. The predicted octanol–water partition coefficient (Wildman–Crippen LogP) is 2.55. The molecule has 0 saturated carbocycles. The number of amides is 3. The van der Waals surface area contributed by atoms with Gasteiger partial charge in [0, 0.05) is 24.3 Å². The number of aliphatic hydroxyl groups excluding tert-OH is 1. The van der Waals surface area contributed by atoms with Crippen LogP contribution in [0.2, 0.25) is 0 Å². The molecule has 0 bridgehead atoms. The highest BCUT2D eigenvalue weighted by atomic mass is 16.3. The van der Waals surface area contributed by atoms with Crippen molar-refractivity contribution in [3.63, 3.8) is 0 Å². The van der Waals surface area contributed by atoms with E-state index in [2.05, 4.69) is 15.3 Å². The number of nitrogens with zero attached hydrogens (tertiary/aromatic N) is 4. The van der Waals surface area contributed by atoms with Crippen LogP contribution in [0.5, 0.6) is 0 Å². The normalized spacial score (nSPS) is 19.2. The zero-order valence-corrected chi connectivity index (χ0v) is 20.7. The van der Waals surface area contributed by atoms with E-state index in [0.717, 1.165) is 16.7 Å². The maximum atomic E-state index is 13.2. The number of azide groups is 1. The smallest absolute Gasteiger partial charge is 0.243 e. The van der Waals surface area contributed by atoms with Crippen LogP contribution in [0.4, 0.5) is 0 Å². The summed E-state index contributed by atoms with van der Waals surface area (Å²) in [6.45, 7) is 5.17. The molecule has 10 nitrogen and oxygen atoms in total. The van der Waals surface area contributed by atoms with Gasteiger partial charge < -0.3 is 21.1 Å². The molecule has 190 valence electrons. The van der Waals surface area contributed by atoms with Gasteiger partial charge in [-0.25, -0.2) is 0 Å². The number of nitrogens with two attached hydrogens (primary N) is 1. The Labute approximate surface area is 210 Å². The standard InChI is InChI=1S/C26H32N6O4/c1-26(2,3)22(30-31-28)25(36)32-15-19(33)14-21(32)24(35)29-20(23(27)34)13-16-9-11-18(12-10-16)17-7-5-4-6-8-17/h4-12,19-22,33H,13-15H2,1-3H3,(H2,27,34)(H,29,35)/t19-,20-,21+,22-/m1/s1. The first kappa shape index (κ1) is 26.7. The molecular weight excluding hydrogens is 460 g/mol. The number of hydrogen-bond acceptors (Lipinski definition) is 5. The molecule has 1 heterocycles. The van der Waals surface area contributed by atoms with Crippen LogP contribution in [0.3, 0.4) is 0 Å². The first-order chi connectivity index (χ1) is 17.0. The minimum absolute atomic E-state index is 0.00194. The summed E-state index contributed by atoms with van der Waals surface area (Å²) in [6, 6.07) is 14.3. The van der Waals surface area contributed by atoms with Gasteiger partial charge in [-0.05, 0) is 27.6 Å². The van der Waals surface area contributed by atoms with Gasteiger partial charge in [-0.15, -0.1) is 0 Å². The van der Waals surface area contributed by atoms with Crippen molar-refractivity contribution in [2.75, 3.05) is 6.54 Å². The van der Waals surface area contributed by atoms with E-state index >= 15 is 0 Å². The Kier molecular flexibility index (Phi) is 8.34. The van der Waals surface area contributed by atoms with Gasteiger partial charge in [0.25, 0.3) is 0 Å². The van der Waals surface area contributed by atoms with E-state index in [1.807, 2.05) is 54.6 Å². The summed E-state index contributed by atoms with van der Waals surface area (Å²) in [4.78, 5) is 42.5. The van der Waals surface area contributed by atoms with E-state index in [0.29, 0.717) is 0 Å². The molecule has 2 aromatic carbocycles. The molecular formula is C26H32N6O4. The Hall–Kier alpha value is -3.88. The summed E-state index contributed by atoms with van der Waals surface area (Å²) in [6.07, 6.45) is -0.751. The number of β-amino-alcohol motifs (C(OH)–C–C–N with tert-alkyl or cyclic N) is 1. The van der Waals surface area contributed by atoms with Crippen molar-refractivity contribution in [2.24, 2.45) is 16.3 Å². The van der Waals surface area contributed by atoms with Crippen molar-refractivity contribution in [1.29, 1.82) is 0 Å². The molecule has 4 atom stereocenters. The van der Waals surface area contributed by atoms with E-state index in [4.69, 9.17) is 11.3 Å². The number of benzene rings is 2. The quantitative estimate of drug-likeness (QED) is 0.293. The fourth-order valence-corrected chi connectivity index (χ4v) is 4.30. The van der Waals surface area contributed by atoms with Gasteiger partial charge in [0.1, 0.15) is 18.1 Å². The SMILES string of the molecule is CC(C)(C)[C@H](N=[N+]=[N-])C(=O)N1C[C@H](O)C[C@H]1C(=O)N[C@H](Cc1ccc(-c2ccccc2)cc1)C(N)=O. The third-order valence-electron chi connectivity index (χ3n) is 6.25. The van der Waals surface area contributed by atoms with E-state index in [1.54, 1.807) is 20.8 Å². The van der Waals surface area contributed by atoms with Crippen molar-refractivity contribution < 1.29 is 19.5 Å². The van der Waals surface area contributed by atoms with Crippen LogP contribution in [0.1, 0.15) is 32.8 Å². The summed E-state index contributed by atoms with van der Waals surface area (Å²) in [5.74, 6) is -1.86. The monoisotopic (exact) mass is 492 g/mol. The van der Waals surface area contributed by atoms with Crippen LogP contribution in [0.15, 0.2) is 59.7 Å². The minimum Gasteiger partial charge on any atom is -0.391 e. The summed E-state index contributed by atoms with van der Waals surface area (Å²) in [7, 11) is 0. The van der Waals surface area contributed by atoms with Crippen molar-refractivity contribution >= 4 is 17.7 Å². The van der Waals surface area contributed by atoms with Crippen LogP contribution >= 0.6 is 0 Å². The molecule has 1 fully saturated rings. The molecule has 0 radical (unpaired) electrons. The molecule has 10 heteroatoms. The molecule has 1 saturated heterocycles. The fourth-order valence-electron chi connectivity index (χ4n) is 4.30. The van der Waals surface area contributed by atoms with Crippen LogP contribution in [0, 0.1) is 5.41 Å². The predicted molar refractivity (Wildman–Crippen MR) is 135 cm³/mol. The van der Waals surface area contributed by atoms with Crippen molar-refractivity contribution in [3.05, 3.63) is 70.6 Å². The summed E-state index contributed by atoms with van der Waals surface area (Å²) >= 11 is 0. The first-order valence-electron chi connectivity index (χ1n) is 11.8. The Morgan fingerprint density at radius 3 is 2.31 bits per heavy atom. The topological polar surface area (TPSA) is 161 Å². The Morgan fingerprint density at radius 1 is 1.14 bits per heavy atom. The van der Waals surface area contributed by atoms with Crippen molar-refractivity contribution in [3.8, 4) is 11.1 Å². The number of hydrogen-bond donors (Lipinski definition) is 3. The van der Waals surface area contributed by atoms with Crippen molar-refractivity contribution in [2.45, 2.75) is 57.8 Å². The van der Waals surface area contributed by atoms with E-state index in [-0.39, 0.29) is 19.4 Å². The number of carbonyl (C=O) groups is 3. The van der Waals surface area contributed by atoms with Crippen LogP contribution in [-0.4, -0.2) is 58.5 Å². The highest BCUT2D eigenvalue weighted by molar-refractivity contribution is 5.93. The van der Waals surface area contributed by atoms with Gasteiger partial charge in [0.2, 0.25) is 17.7 Å². The summed E-state index contributed by atoms with van der Waals surface area (Å²) in [5.41, 5.74) is 16.7. The van der Waals surface area contributed by atoms with E-state index in [9.17, 15) is 19.5 Å². The Bertz CT molecular complexity index is 1140. The maximum Gasteiger partial charge on any atom is 0.243 e. The molecule has 2 aromatic rings. The lowest BCUT2D eigenvalue weighted by Crippen LogP contribution is -2.55. The number of likely N-dealkylation sites (tertiary alicyclic amines) is 1. The lowest BCUT2D eigenvalue weighted by atomic mass is 9.86. The lowest BCUT2D eigenvalue weighted by molar-refractivity contribution is -0.141. The molecule has 0 unspecified atom stereocenters. The van der Waals surface area contributed by atoms with Gasteiger partial charge in [-0.3, -0.25) is 14.4 Å². The second-order valence-corrected chi connectivity index (χ2v) is 10.1. The zero-order valence-electron chi connectivity index (χ0n) is 20.7. The van der Waals surface area contributed by atoms with Gasteiger partial charge in [0.15, 0.2) is 0 Å². The molecule has 36 heavy (non-hydrogen) atoms. The average Bonchev–Trinajstić information content (AvgIpc) is 3.23. The molecule has 3 rings (SSSR count). The van der Waals surface area contributed by atoms with E-state index in [1.165, 1.54) is 4.90 Å². The first-order valence-corrected chi connectivity index (χ1v) is 11.8. The third kappa shape index (κ3) is 6.41. The number of rotatable bonds is 8. The largest absolute Gasteiger partial charge is 0.391 e. The second-order valence-electron chi connectivity index (χ2n) is 10.1. The van der Waals surface area contributed by atoms with Crippen molar-refractivity contribution in [1.82, 2.24) is 10.2 Å². The number of aliphatic hydroxyl groups is 1. The average molecular weight is 493 g/mol. The van der Waals surface area contributed by atoms with E-state index < -0.39 is 47.4 Å². The molecule has 4 N–H and O–H groups in total. The van der Waals surface area contributed by atoms with Crippen LogP contribution in [0.25, 0.3) is 21.6 Å². The molecule has 0 spiro atoms. The minimum atomic E-state index is -1.06. The maximum absolute atomic E-state index is 13.2. The highest BCUT2D eigenvalue weighted by Crippen LogP contribution is 2.28. The van der Waals surface area contributed by atoms with Gasteiger partial charge in [-0.1, -0.05) is 80.5 Å². The second kappa shape index (κ2) is 11.2. The summed E-state index contributed by atoms with van der Waals surface area (Å²) in [5, 5.41) is 16.5. The molecule has 1 aliphatic rings. The molecule has 0 aromatic heterocycles. The third-order valence-corrected chi connectivity index (χ3v) is 6.25. The number of primary amides is 1. The number of carbonyl (C=O) groups excluding carboxylic acids is 3. The lowest BCUT2D eigenvalue weighted by Gasteiger charge is -2.32. The Morgan fingerprint density at radius 2 is 1.75 bits per heavy atom. The summed E-state index contributed by atoms with van der Waals surface area (Å²) < 4.78 is 0. The molecule has 0 aliphatic carbocycles. The highest BCUT2D eigenvalue weighted by Gasteiger charge is 2.44. The van der Waals surface area contributed by atoms with Gasteiger partial charge in [-0.2, -0.15) is 0 Å². The Balaban J connectivity index is 1.74. The van der Waals surface area contributed by atoms with Crippen LogP contribution in [-0.2, 0) is 20.8 Å². The van der Waals surface area contributed by atoms with Gasteiger partial charge >= 0.3 is 0 Å². The molecule has 1 aliphatic heterocycles. The van der Waals surface area contributed by atoms with Gasteiger partial charge in [0.05, 0.1) is 6.10 Å². The van der Waals surface area contributed by atoms with Crippen LogP contribution < -0.4 is 11.1 Å². The molecule has 3 amide bonds. The zero-order chi connectivity index (χ0) is 26.5.